The molecule has 0 bridgehead atoms. The van der Waals surface area contributed by atoms with E-state index in [-0.39, 0.29) is 12.5 Å². The van der Waals surface area contributed by atoms with Crippen molar-refractivity contribution in [1.82, 2.24) is 14.7 Å². The summed E-state index contributed by atoms with van der Waals surface area (Å²) in [6.45, 7) is 4.90. The van der Waals surface area contributed by atoms with Gasteiger partial charge in [-0.3, -0.25) is 4.79 Å². The van der Waals surface area contributed by atoms with Crippen LogP contribution < -0.4 is 0 Å². The van der Waals surface area contributed by atoms with Crippen LogP contribution in [0.3, 0.4) is 0 Å². The Bertz CT molecular complexity index is 387. The summed E-state index contributed by atoms with van der Waals surface area (Å²) in [5.74, 6) is -0.408. The van der Waals surface area contributed by atoms with Gasteiger partial charge in [0.05, 0.1) is 5.88 Å². The Morgan fingerprint density at radius 3 is 2.40 bits per heavy atom. The monoisotopic (exact) mass is 303 g/mol. The number of amides is 3. The maximum absolute atomic E-state index is 12.2. The third-order valence-corrected chi connectivity index (χ3v) is 4.24. The van der Waals surface area contributed by atoms with E-state index >= 15 is 0 Å². The first-order valence-electron chi connectivity index (χ1n) is 6.52. The van der Waals surface area contributed by atoms with Crippen molar-refractivity contribution in [2.75, 3.05) is 38.3 Å². The largest absolute Gasteiger partial charge is 0.480 e. The molecule has 0 aromatic rings. The van der Waals surface area contributed by atoms with Gasteiger partial charge in [0.25, 0.3) is 0 Å². The van der Waals surface area contributed by atoms with Crippen LogP contribution in [0.4, 0.5) is 4.79 Å². The predicted molar refractivity (Wildman–Crippen MR) is 76.5 cm³/mol. The molecule has 1 saturated heterocycles. The van der Waals surface area contributed by atoms with Crippen molar-refractivity contribution in [1.29, 1.82) is 0 Å². The average molecular weight is 303 g/mol. The minimum Gasteiger partial charge on any atom is -0.480 e. The van der Waals surface area contributed by atoms with E-state index in [1.807, 2.05) is 13.8 Å². The van der Waals surface area contributed by atoms with Gasteiger partial charge in [-0.25, -0.2) is 9.59 Å². The second kappa shape index (κ2) is 7.37. The Balaban J connectivity index is 2.63. The van der Waals surface area contributed by atoms with Gasteiger partial charge in [0.15, 0.2) is 0 Å². The molecule has 0 aliphatic carbocycles. The van der Waals surface area contributed by atoms with Crippen molar-refractivity contribution in [3.63, 3.8) is 0 Å². The second-order valence-corrected chi connectivity index (χ2v) is 5.53. The lowest BCUT2D eigenvalue weighted by Gasteiger charge is -2.28. The summed E-state index contributed by atoms with van der Waals surface area (Å²) < 4.78 is 0. The quantitative estimate of drug-likeness (QED) is 0.793. The molecule has 1 rings (SSSR count). The number of rotatable bonds is 5. The highest BCUT2D eigenvalue weighted by molar-refractivity contribution is 7.99. The van der Waals surface area contributed by atoms with E-state index in [0.29, 0.717) is 24.7 Å². The van der Waals surface area contributed by atoms with Crippen LogP contribution in [0.2, 0.25) is 0 Å². The van der Waals surface area contributed by atoms with E-state index in [1.54, 1.807) is 4.90 Å². The fraction of sp³-hybridized carbons (Fsp3) is 0.750. The Kier molecular flexibility index (Phi) is 6.12. The number of carboxylic acids is 1. The summed E-state index contributed by atoms with van der Waals surface area (Å²) in [6, 6.07) is -1.22. The van der Waals surface area contributed by atoms with Gasteiger partial charge in [0.2, 0.25) is 5.91 Å². The van der Waals surface area contributed by atoms with Crippen LogP contribution in [0.1, 0.15) is 13.8 Å². The van der Waals surface area contributed by atoms with E-state index < -0.39 is 18.0 Å². The first-order valence-corrected chi connectivity index (χ1v) is 7.67. The summed E-state index contributed by atoms with van der Waals surface area (Å²) in [6.07, 6.45) is 0. The van der Waals surface area contributed by atoms with Crippen LogP contribution >= 0.6 is 11.8 Å². The summed E-state index contributed by atoms with van der Waals surface area (Å²) in [4.78, 5) is 39.4. The number of urea groups is 1. The minimum absolute atomic E-state index is 0.0337. The number of carbonyl (C=O) groups is 3. The molecule has 1 heterocycles. The molecule has 0 saturated carbocycles. The van der Waals surface area contributed by atoms with Crippen molar-refractivity contribution in [2.45, 2.75) is 19.9 Å². The SMILES string of the molecule is CCN(CC)C(=O)CN(C)C(=O)N1CSCC1C(=O)O. The van der Waals surface area contributed by atoms with E-state index in [2.05, 4.69) is 0 Å². The molecule has 8 heteroatoms. The second-order valence-electron chi connectivity index (χ2n) is 4.53. The molecule has 1 N–H and O–H groups in total. The van der Waals surface area contributed by atoms with E-state index in [0.717, 1.165) is 0 Å². The number of aliphatic carboxylic acids is 1. The van der Waals surface area contributed by atoms with Crippen molar-refractivity contribution in [3.05, 3.63) is 0 Å². The molecule has 1 fully saturated rings. The van der Waals surface area contributed by atoms with E-state index in [9.17, 15) is 14.4 Å². The Hall–Kier alpha value is -1.44. The van der Waals surface area contributed by atoms with E-state index in [4.69, 9.17) is 5.11 Å². The third kappa shape index (κ3) is 3.78. The van der Waals surface area contributed by atoms with Gasteiger partial charge in [-0.1, -0.05) is 0 Å². The lowest BCUT2D eigenvalue weighted by molar-refractivity contribution is -0.140. The van der Waals surface area contributed by atoms with Gasteiger partial charge in [-0.15, -0.1) is 11.8 Å². The molecule has 114 valence electrons. The molecule has 1 atom stereocenters. The standard InChI is InChI=1S/C12H21N3O4S/c1-4-14(5-2)10(16)6-13(3)12(19)15-8-20-7-9(15)11(17)18/h9H,4-8H2,1-3H3,(H,17,18). The predicted octanol–water partition coefficient (Wildman–Crippen LogP) is 0.366. The maximum Gasteiger partial charge on any atom is 0.327 e. The minimum atomic E-state index is -1.01. The summed E-state index contributed by atoms with van der Waals surface area (Å²) >= 11 is 1.40. The molecular formula is C12H21N3O4S. The number of hydrogen-bond acceptors (Lipinski definition) is 4. The zero-order valence-electron chi connectivity index (χ0n) is 12.0. The van der Waals surface area contributed by atoms with Crippen molar-refractivity contribution in [2.24, 2.45) is 0 Å². The zero-order valence-corrected chi connectivity index (χ0v) is 12.9. The molecular weight excluding hydrogens is 282 g/mol. The van der Waals surface area contributed by atoms with Crippen molar-refractivity contribution < 1.29 is 19.5 Å². The Morgan fingerprint density at radius 2 is 1.90 bits per heavy atom. The zero-order chi connectivity index (χ0) is 15.3. The van der Waals surface area contributed by atoms with Gasteiger partial charge in [0, 0.05) is 25.9 Å². The van der Waals surface area contributed by atoms with Gasteiger partial charge in [-0.2, -0.15) is 0 Å². The molecule has 0 spiro atoms. The molecule has 0 aromatic heterocycles. The number of carbonyl (C=O) groups excluding carboxylic acids is 2. The maximum atomic E-state index is 12.2. The summed E-state index contributed by atoms with van der Waals surface area (Å²) in [5.41, 5.74) is 0. The topological polar surface area (TPSA) is 81.2 Å². The van der Waals surface area contributed by atoms with Crippen LogP contribution in [0, 0.1) is 0 Å². The number of nitrogens with zero attached hydrogens (tertiary/aromatic N) is 3. The summed E-state index contributed by atoms with van der Waals surface area (Å²) in [7, 11) is 1.52. The molecule has 1 aliphatic heterocycles. The molecule has 20 heavy (non-hydrogen) atoms. The highest BCUT2D eigenvalue weighted by Gasteiger charge is 2.36. The van der Waals surface area contributed by atoms with E-state index in [1.165, 1.54) is 28.6 Å². The lowest BCUT2D eigenvalue weighted by atomic mass is 10.3. The van der Waals surface area contributed by atoms with Gasteiger partial charge in [-0.05, 0) is 13.8 Å². The normalized spacial score (nSPS) is 17.9. The van der Waals surface area contributed by atoms with Crippen LogP contribution in [-0.4, -0.2) is 82.1 Å². The van der Waals surface area contributed by atoms with Gasteiger partial charge in [0.1, 0.15) is 12.6 Å². The highest BCUT2D eigenvalue weighted by Crippen LogP contribution is 2.22. The molecule has 0 aromatic carbocycles. The van der Waals surface area contributed by atoms with Crippen LogP contribution in [0.15, 0.2) is 0 Å². The fourth-order valence-corrected chi connectivity index (χ4v) is 3.14. The average Bonchev–Trinajstić information content (AvgIpc) is 2.88. The van der Waals surface area contributed by atoms with Gasteiger partial charge < -0.3 is 19.8 Å². The van der Waals surface area contributed by atoms with Gasteiger partial charge >= 0.3 is 12.0 Å². The highest BCUT2D eigenvalue weighted by atomic mass is 32.2. The number of likely N-dealkylation sites (N-methyl/N-ethyl adjacent to an activating group) is 2. The Labute approximate surface area is 122 Å². The van der Waals surface area contributed by atoms with Crippen molar-refractivity contribution in [3.8, 4) is 0 Å². The first-order chi connectivity index (χ1) is 9.42. The lowest BCUT2D eigenvalue weighted by Crippen LogP contribution is -2.50. The molecule has 3 amide bonds. The number of hydrogen-bond donors (Lipinski definition) is 1. The molecule has 0 radical (unpaired) electrons. The van der Waals surface area contributed by atoms with Crippen LogP contribution in [-0.2, 0) is 9.59 Å². The van der Waals surface area contributed by atoms with Crippen LogP contribution in [0.25, 0.3) is 0 Å². The first kappa shape index (κ1) is 16.6. The van der Waals surface area contributed by atoms with Crippen LogP contribution in [0.5, 0.6) is 0 Å². The summed E-state index contributed by atoms with van der Waals surface area (Å²) in [5, 5.41) is 9.06. The third-order valence-electron chi connectivity index (χ3n) is 3.23. The Morgan fingerprint density at radius 1 is 1.30 bits per heavy atom. The molecule has 1 aliphatic rings. The number of thioether (sulfide) groups is 1. The fourth-order valence-electron chi connectivity index (χ4n) is 2.00. The smallest absolute Gasteiger partial charge is 0.327 e. The van der Waals surface area contributed by atoms with Crippen molar-refractivity contribution >= 4 is 29.7 Å². The molecule has 1 unspecified atom stereocenters. The number of carboxylic acid groups (broad SMARTS) is 1. The molecule has 7 nitrogen and oxygen atoms in total.